The molecule has 1 rings (SSSR count). The van der Waals surface area contributed by atoms with E-state index in [9.17, 15) is 18.2 Å². The summed E-state index contributed by atoms with van der Waals surface area (Å²) in [4.78, 5) is 22.0. The Labute approximate surface area is 105 Å². The average Bonchev–Trinajstić information content (AvgIpc) is 2.30. The number of carboxylic acid groups (broad SMARTS) is 1. The molecule has 1 aromatic carbocycles. The van der Waals surface area contributed by atoms with E-state index in [1.807, 2.05) is 0 Å². The number of anilines is 1. The quantitative estimate of drug-likeness (QED) is 0.838. The summed E-state index contributed by atoms with van der Waals surface area (Å²) in [6.45, 7) is 1.37. The SMILES string of the molecule is CC(C(=O)Nc1ccc(F)cc1)S(=O)CC(=O)O. The minimum absolute atomic E-state index is 0.362. The molecule has 0 saturated carbocycles. The van der Waals surface area contributed by atoms with Crippen LogP contribution >= 0.6 is 0 Å². The lowest BCUT2D eigenvalue weighted by atomic mass is 10.3. The van der Waals surface area contributed by atoms with Crippen molar-refractivity contribution in [3.63, 3.8) is 0 Å². The normalized spacial score (nSPS) is 13.7. The van der Waals surface area contributed by atoms with Crippen LogP contribution in [0.5, 0.6) is 0 Å². The van der Waals surface area contributed by atoms with Gasteiger partial charge in [0.05, 0.1) is 0 Å². The molecule has 0 bridgehead atoms. The molecule has 0 aromatic heterocycles. The zero-order chi connectivity index (χ0) is 13.7. The number of nitrogens with one attached hydrogen (secondary N) is 1. The molecule has 0 aliphatic rings. The Kier molecular flexibility index (Phi) is 4.96. The second-order valence-corrected chi connectivity index (χ2v) is 5.31. The van der Waals surface area contributed by atoms with E-state index in [1.165, 1.54) is 31.2 Å². The molecule has 1 amide bonds. The highest BCUT2D eigenvalue weighted by molar-refractivity contribution is 7.87. The molecule has 18 heavy (non-hydrogen) atoms. The zero-order valence-electron chi connectivity index (χ0n) is 9.55. The molecule has 2 unspecified atom stereocenters. The highest BCUT2D eigenvalue weighted by Crippen LogP contribution is 2.09. The molecule has 1 aromatic rings. The maximum absolute atomic E-state index is 12.6. The summed E-state index contributed by atoms with van der Waals surface area (Å²) in [5, 5.41) is 9.95. The Hall–Kier alpha value is -1.76. The third-order valence-electron chi connectivity index (χ3n) is 2.14. The van der Waals surface area contributed by atoms with Crippen molar-refractivity contribution in [2.75, 3.05) is 11.1 Å². The lowest BCUT2D eigenvalue weighted by Crippen LogP contribution is -2.31. The van der Waals surface area contributed by atoms with Crippen molar-refractivity contribution in [2.24, 2.45) is 0 Å². The molecule has 0 aliphatic heterocycles. The third kappa shape index (κ3) is 4.25. The zero-order valence-corrected chi connectivity index (χ0v) is 10.4. The van der Waals surface area contributed by atoms with Crippen LogP contribution in [-0.4, -0.2) is 32.2 Å². The monoisotopic (exact) mass is 273 g/mol. The number of amides is 1. The van der Waals surface area contributed by atoms with E-state index in [0.717, 1.165) is 0 Å². The number of rotatable bonds is 5. The van der Waals surface area contributed by atoms with E-state index in [0.29, 0.717) is 5.69 Å². The molecule has 0 fully saturated rings. The number of carboxylic acids is 1. The van der Waals surface area contributed by atoms with E-state index >= 15 is 0 Å². The van der Waals surface area contributed by atoms with Crippen LogP contribution in [-0.2, 0) is 20.4 Å². The first-order valence-corrected chi connectivity index (χ1v) is 6.43. The minimum Gasteiger partial charge on any atom is -0.481 e. The van der Waals surface area contributed by atoms with E-state index in [1.54, 1.807) is 0 Å². The van der Waals surface area contributed by atoms with Gasteiger partial charge in [-0.3, -0.25) is 13.8 Å². The molecule has 98 valence electrons. The van der Waals surface area contributed by atoms with Gasteiger partial charge in [0.1, 0.15) is 16.8 Å². The van der Waals surface area contributed by atoms with Gasteiger partial charge in [0.15, 0.2) is 0 Å². The summed E-state index contributed by atoms with van der Waals surface area (Å²) in [6.07, 6.45) is 0. The molecule has 0 spiro atoms. The van der Waals surface area contributed by atoms with Gasteiger partial charge >= 0.3 is 5.97 Å². The standard InChI is InChI=1S/C11H12FNO4S/c1-7(18(17)6-10(14)15)11(16)13-9-4-2-8(12)3-5-9/h2-5,7H,6H2,1H3,(H,13,16)(H,14,15). The van der Waals surface area contributed by atoms with Gasteiger partial charge < -0.3 is 10.4 Å². The number of benzene rings is 1. The molecule has 0 saturated heterocycles. The van der Waals surface area contributed by atoms with Crippen molar-refractivity contribution in [3.05, 3.63) is 30.1 Å². The summed E-state index contributed by atoms with van der Waals surface area (Å²) in [5.41, 5.74) is 0.362. The Morgan fingerprint density at radius 1 is 1.39 bits per heavy atom. The van der Waals surface area contributed by atoms with Gasteiger partial charge in [-0.1, -0.05) is 0 Å². The van der Waals surface area contributed by atoms with Crippen LogP contribution in [0.2, 0.25) is 0 Å². The van der Waals surface area contributed by atoms with Gasteiger partial charge in [0.25, 0.3) is 0 Å². The van der Waals surface area contributed by atoms with Crippen molar-refractivity contribution in [2.45, 2.75) is 12.2 Å². The summed E-state index contributed by atoms with van der Waals surface area (Å²) < 4.78 is 24.1. The Balaban J connectivity index is 2.62. The fraction of sp³-hybridized carbons (Fsp3) is 0.273. The van der Waals surface area contributed by atoms with Crippen LogP contribution in [0, 0.1) is 5.82 Å². The van der Waals surface area contributed by atoms with Crippen molar-refractivity contribution in [1.82, 2.24) is 0 Å². The Morgan fingerprint density at radius 3 is 2.44 bits per heavy atom. The smallest absolute Gasteiger partial charge is 0.316 e. The lowest BCUT2D eigenvalue weighted by Gasteiger charge is -2.10. The first kappa shape index (κ1) is 14.3. The molecule has 2 N–H and O–H groups in total. The van der Waals surface area contributed by atoms with Gasteiger partial charge in [0.2, 0.25) is 5.91 Å². The lowest BCUT2D eigenvalue weighted by molar-refractivity contribution is -0.133. The van der Waals surface area contributed by atoms with Crippen molar-refractivity contribution >= 4 is 28.4 Å². The van der Waals surface area contributed by atoms with Crippen LogP contribution in [0.25, 0.3) is 0 Å². The van der Waals surface area contributed by atoms with E-state index < -0.39 is 39.5 Å². The Morgan fingerprint density at radius 2 is 1.94 bits per heavy atom. The fourth-order valence-electron chi connectivity index (χ4n) is 1.14. The predicted molar refractivity (Wildman–Crippen MR) is 65.1 cm³/mol. The number of carbonyl (C=O) groups excluding carboxylic acids is 1. The van der Waals surface area contributed by atoms with Crippen molar-refractivity contribution in [3.8, 4) is 0 Å². The van der Waals surface area contributed by atoms with E-state index in [-0.39, 0.29) is 0 Å². The van der Waals surface area contributed by atoms with Crippen LogP contribution in [0.1, 0.15) is 6.92 Å². The summed E-state index contributed by atoms with van der Waals surface area (Å²) in [6, 6.07) is 5.07. The number of halogens is 1. The average molecular weight is 273 g/mol. The van der Waals surface area contributed by atoms with Crippen molar-refractivity contribution in [1.29, 1.82) is 0 Å². The number of hydrogen-bond donors (Lipinski definition) is 2. The third-order valence-corrected chi connectivity index (χ3v) is 3.68. The van der Waals surface area contributed by atoms with Gasteiger partial charge in [-0.2, -0.15) is 0 Å². The Bertz CT molecular complexity index is 474. The second-order valence-electron chi connectivity index (χ2n) is 3.56. The van der Waals surface area contributed by atoms with Crippen LogP contribution in [0.3, 0.4) is 0 Å². The predicted octanol–water partition coefficient (Wildman–Crippen LogP) is 0.986. The number of aliphatic carboxylic acids is 1. The highest BCUT2D eigenvalue weighted by Gasteiger charge is 2.21. The topological polar surface area (TPSA) is 83.5 Å². The first-order chi connectivity index (χ1) is 8.40. The second kappa shape index (κ2) is 6.25. The largest absolute Gasteiger partial charge is 0.481 e. The van der Waals surface area contributed by atoms with Crippen molar-refractivity contribution < 1.29 is 23.3 Å². The van der Waals surface area contributed by atoms with Gasteiger partial charge in [0, 0.05) is 16.5 Å². The molecule has 0 heterocycles. The number of hydrogen-bond acceptors (Lipinski definition) is 3. The van der Waals surface area contributed by atoms with Crippen LogP contribution < -0.4 is 5.32 Å². The van der Waals surface area contributed by atoms with Crippen LogP contribution in [0.15, 0.2) is 24.3 Å². The molecule has 2 atom stereocenters. The van der Waals surface area contributed by atoms with Gasteiger partial charge in [-0.05, 0) is 31.2 Å². The van der Waals surface area contributed by atoms with Gasteiger partial charge in [-0.25, -0.2) is 4.39 Å². The maximum atomic E-state index is 12.6. The van der Waals surface area contributed by atoms with Gasteiger partial charge in [-0.15, -0.1) is 0 Å². The molecule has 0 aliphatic carbocycles. The first-order valence-electron chi connectivity index (χ1n) is 5.05. The summed E-state index contributed by atoms with van der Waals surface area (Å²) >= 11 is 0. The molecular formula is C11H12FNO4S. The maximum Gasteiger partial charge on any atom is 0.316 e. The summed E-state index contributed by atoms with van der Waals surface area (Å²) in [5.74, 6) is -2.82. The van der Waals surface area contributed by atoms with E-state index in [2.05, 4.69) is 5.32 Å². The van der Waals surface area contributed by atoms with Crippen LogP contribution in [0.4, 0.5) is 10.1 Å². The molecular weight excluding hydrogens is 261 g/mol. The minimum atomic E-state index is -1.79. The van der Waals surface area contributed by atoms with E-state index in [4.69, 9.17) is 5.11 Å². The molecule has 5 nitrogen and oxygen atoms in total. The fourth-order valence-corrected chi connectivity index (χ4v) is 1.93. The summed E-state index contributed by atoms with van der Waals surface area (Å²) in [7, 11) is -1.79. The molecule has 0 radical (unpaired) electrons. The number of carbonyl (C=O) groups is 2. The molecule has 7 heteroatoms. The highest BCUT2D eigenvalue weighted by atomic mass is 32.2.